The predicted octanol–water partition coefficient (Wildman–Crippen LogP) is 7.19. The fourth-order valence-electron chi connectivity index (χ4n) is 2.24. The molecule has 0 radical (unpaired) electrons. The molecule has 0 amide bonds. The van der Waals surface area contributed by atoms with E-state index >= 15 is 0 Å². The Hall–Kier alpha value is -1.91. The van der Waals surface area contributed by atoms with Gasteiger partial charge in [-0.25, -0.2) is 4.39 Å². The van der Waals surface area contributed by atoms with Gasteiger partial charge >= 0.3 is 47.7 Å². The lowest BCUT2D eigenvalue weighted by Crippen LogP contribution is -2.72. The summed E-state index contributed by atoms with van der Waals surface area (Å²) in [6.07, 6.45) is -9.14. The minimum absolute atomic E-state index is 0.126. The van der Waals surface area contributed by atoms with Crippen molar-refractivity contribution < 1.29 is 79.8 Å². The summed E-state index contributed by atoms with van der Waals surface area (Å²) in [6.45, 7) is 1.41. The van der Waals surface area contributed by atoms with Crippen LogP contribution in [-0.4, -0.2) is 54.8 Å². The SMILES string of the molecule is CCCCC(/C=C(\F)C(F)(F)C(F)(F)C(F)(F)C(F)(F)C(F)(F)C(F)(F)C(F)(F)F)C(=O)OC. The molecule has 34 heavy (non-hydrogen) atoms. The Morgan fingerprint density at radius 1 is 0.735 bits per heavy atom. The van der Waals surface area contributed by atoms with Gasteiger partial charge in [0.25, 0.3) is 0 Å². The van der Waals surface area contributed by atoms with Gasteiger partial charge in [0.05, 0.1) is 13.0 Å². The topological polar surface area (TPSA) is 26.3 Å². The minimum Gasteiger partial charge on any atom is -0.469 e. The third-order valence-corrected chi connectivity index (χ3v) is 4.35. The lowest BCUT2D eigenvalue weighted by Gasteiger charge is -2.41. The molecule has 0 bridgehead atoms. The molecule has 202 valence electrons. The number of carbonyl (C=O) groups excluding carboxylic acids is 1. The van der Waals surface area contributed by atoms with Crippen LogP contribution in [0.25, 0.3) is 0 Å². The summed E-state index contributed by atoms with van der Waals surface area (Å²) in [5, 5.41) is 0. The molecule has 0 spiro atoms. The molecular weight excluding hydrogens is 528 g/mol. The van der Waals surface area contributed by atoms with Crippen molar-refractivity contribution in [1.29, 1.82) is 0 Å². The van der Waals surface area contributed by atoms with E-state index < -0.39 is 71.9 Å². The molecular formula is C16H14F16O2. The molecule has 2 nitrogen and oxygen atoms in total. The molecule has 0 aliphatic carbocycles. The number of hydrogen-bond acceptors (Lipinski definition) is 2. The van der Waals surface area contributed by atoms with Crippen LogP contribution < -0.4 is 0 Å². The smallest absolute Gasteiger partial charge is 0.460 e. The molecule has 1 unspecified atom stereocenters. The minimum atomic E-state index is -8.52. The van der Waals surface area contributed by atoms with E-state index in [1.807, 2.05) is 0 Å². The molecule has 0 saturated heterocycles. The van der Waals surface area contributed by atoms with E-state index in [0.717, 1.165) is 0 Å². The van der Waals surface area contributed by atoms with Crippen LogP contribution >= 0.6 is 0 Å². The zero-order chi connectivity index (χ0) is 27.8. The molecule has 1 atom stereocenters. The van der Waals surface area contributed by atoms with Crippen molar-refractivity contribution in [2.24, 2.45) is 5.92 Å². The molecule has 0 aliphatic rings. The highest BCUT2D eigenvalue weighted by atomic mass is 19.4. The van der Waals surface area contributed by atoms with E-state index in [1.54, 1.807) is 0 Å². The van der Waals surface area contributed by atoms with Crippen LogP contribution in [0.3, 0.4) is 0 Å². The fourth-order valence-corrected chi connectivity index (χ4v) is 2.24. The van der Waals surface area contributed by atoms with E-state index in [4.69, 9.17) is 0 Å². The van der Waals surface area contributed by atoms with E-state index in [0.29, 0.717) is 7.11 Å². The molecule has 0 rings (SSSR count). The summed E-state index contributed by atoms with van der Waals surface area (Å²) < 4.78 is 214. The van der Waals surface area contributed by atoms with Crippen molar-refractivity contribution in [2.45, 2.75) is 67.9 Å². The molecule has 0 fully saturated rings. The van der Waals surface area contributed by atoms with Gasteiger partial charge in [0.2, 0.25) is 0 Å². The number of esters is 1. The third-order valence-electron chi connectivity index (χ3n) is 4.35. The van der Waals surface area contributed by atoms with Crippen LogP contribution in [0.2, 0.25) is 0 Å². The van der Waals surface area contributed by atoms with E-state index in [1.165, 1.54) is 6.92 Å². The first-order valence-corrected chi connectivity index (χ1v) is 8.62. The molecule has 0 aromatic carbocycles. The molecule has 0 N–H and O–H groups in total. The van der Waals surface area contributed by atoms with Gasteiger partial charge in [-0.3, -0.25) is 4.79 Å². The van der Waals surface area contributed by atoms with Gasteiger partial charge in [0.15, 0.2) is 5.83 Å². The Bertz CT molecular complexity index is 753. The van der Waals surface area contributed by atoms with Crippen molar-refractivity contribution in [3.8, 4) is 0 Å². The van der Waals surface area contributed by atoms with Gasteiger partial charge in [0.1, 0.15) is 0 Å². The van der Waals surface area contributed by atoms with Gasteiger partial charge in [-0.05, 0) is 12.5 Å². The second-order valence-electron chi connectivity index (χ2n) is 6.73. The highest BCUT2D eigenvalue weighted by Crippen LogP contribution is 2.63. The van der Waals surface area contributed by atoms with Crippen LogP contribution in [0.1, 0.15) is 26.2 Å². The Kier molecular flexibility index (Phi) is 9.08. The number of hydrogen-bond donors (Lipinski definition) is 0. The third kappa shape index (κ3) is 4.90. The zero-order valence-corrected chi connectivity index (χ0v) is 16.6. The molecule has 0 saturated carbocycles. The van der Waals surface area contributed by atoms with E-state index in [-0.39, 0.29) is 12.8 Å². The number of unbranched alkanes of at least 4 members (excludes halogenated alkanes) is 1. The summed E-state index contributed by atoms with van der Waals surface area (Å²) in [5.41, 5.74) is 0. The summed E-state index contributed by atoms with van der Waals surface area (Å²) in [4.78, 5) is 11.4. The average molecular weight is 542 g/mol. The number of alkyl halides is 15. The largest absolute Gasteiger partial charge is 0.469 e. The summed E-state index contributed by atoms with van der Waals surface area (Å²) >= 11 is 0. The highest BCUT2D eigenvalue weighted by Gasteiger charge is 2.93. The van der Waals surface area contributed by atoms with Crippen molar-refractivity contribution in [2.75, 3.05) is 7.11 Å². The van der Waals surface area contributed by atoms with Gasteiger partial charge in [-0.1, -0.05) is 19.8 Å². The maximum Gasteiger partial charge on any atom is 0.460 e. The summed E-state index contributed by atoms with van der Waals surface area (Å²) in [5.74, 6) is -56.3. The molecule has 18 heteroatoms. The van der Waals surface area contributed by atoms with Crippen LogP contribution in [0.5, 0.6) is 0 Å². The van der Waals surface area contributed by atoms with Crippen molar-refractivity contribution >= 4 is 5.97 Å². The lowest BCUT2D eigenvalue weighted by atomic mass is 9.90. The number of rotatable bonds is 11. The van der Waals surface area contributed by atoms with Gasteiger partial charge in [0, 0.05) is 0 Å². The molecule has 0 heterocycles. The first-order chi connectivity index (χ1) is 14.8. The second-order valence-corrected chi connectivity index (χ2v) is 6.73. The quantitative estimate of drug-likeness (QED) is 0.204. The number of halogens is 16. The Balaban J connectivity index is 6.67. The number of allylic oxidation sites excluding steroid dienone is 1. The zero-order valence-electron chi connectivity index (χ0n) is 16.6. The fraction of sp³-hybridized carbons (Fsp3) is 0.812. The second kappa shape index (κ2) is 9.62. The molecule has 0 aliphatic heterocycles. The van der Waals surface area contributed by atoms with Crippen molar-refractivity contribution in [1.82, 2.24) is 0 Å². The van der Waals surface area contributed by atoms with Crippen LogP contribution in [0, 0.1) is 5.92 Å². The van der Waals surface area contributed by atoms with Crippen LogP contribution in [-0.2, 0) is 9.53 Å². The predicted molar refractivity (Wildman–Crippen MR) is 80.0 cm³/mol. The maximum absolute atomic E-state index is 13.8. The Morgan fingerprint density at radius 3 is 1.47 bits per heavy atom. The lowest BCUT2D eigenvalue weighted by molar-refractivity contribution is -0.450. The Morgan fingerprint density at radius 2 is 1.12 bits per heavy atom. The monoisotopic (exact) mass is 542 g/mol. The molecule has 0 aromatic heterocycles. The number of methoxy groups -OCH3 is 1. The maximum atomic E-state index is 13.8. The normalized spacial score (nSPS) is 16.5. The first-order valence-electron chi connectivity index (χ1n) is 8.62. The number of ether oxygens (including phenoxy) is 1. The number of carbonyl (C=O) groups is 1. The van der Waals surface area contributed by atoms with Gasteiger partial charge in [-0.2, -0.15) is 65.9 Å². The van der Waals surface area contributed by atoms with Crippen molar-refractivity contribution in [3.05, 3.63) is 11.9 Å². The van der Waals surface area contributed by atoms with Crippen LogP contribution in [0.15, 0.2) is 11.9 Å². The van der Waals surface area contributed by atoms with Gasteiger partial charge in [-0.15, -0.1) is 0 Å². The Labute approximate surface area is 179 Å². The highest BCUT2D eigenvalue weighted by molar-refractivity contribution is 5.74. The van der Waals surface area contributed by atoms with E-state index in [9.17, 15) is 75.0 Å². The average Bonchev–Trinajstić information content (AvgIpc) is 2.68. The summed E-state index contributed by atoms with van der Waals surface area (Å²) in [7, 11) is 0.581. The van der Waals surface area contributed by atoms with Gasteiger partial charge < -0.3 is 4.74 Å². The molecule has 0 aromatic rings. The standard InChI is InChI=1S/C16H14F16O2/c1-3-4-5-7(9(33)34-2)6-8(17)10(18,19)11(20,21)12(22,23)13(24,25)14(26,27)15(28,29)16(30,31)32/h6-7H,3-5H2,1-2H3/b8-6-. The van der Waals surface area contributed by atoms with E-state index in [2.05, 4.69) is 4.74 Å². The van der Waals surface area contributed by atoms with Crippen molar-refractivity contribution in [3.63, 3.8) is 0 Å². The first kappa shape index (κ1) is 32.1. The summed E-state index contributed by atoms with van der Waals surface area (Å²) in [6, 6.07) is 0. The van der Waals surface area contributed by atoms with Crippen LogP contribution in [0.4, 0.5) is 70.2 Å².